The van der Waals surface area contributed by atoms with Crippen molar-refractivity contribution in [3.8, 4) is 0 Å². The predicted octanol–water partition coefficient (Wildman–Crippen LogP) is 1.80. The molecule has 0 saturated carbocycles. The molecule has 1 saturated heterocycles. The maximum atomic E-state index is 12.6. The largest absolute Gasteiger partial charge is 0.341 e. The van der Waals surface area contributed by atoms with Crippen molar-refractivity contribution in [2.24, 2.45) is 4.99 Å². The molecule has 4 heteroatoms. The monoisotopic (exact) mass is 257 g/mol. The van der Waals surface area contributed by atoms with Gasteiger partial charge < -0.3 is 4.90 Å². The first-order chi connectivity index (χ1) is 9.22. The lowest BCUT2D eigenvalue weighted by Gasteiger charge is -2.32. The normalized spacial score (nSPS) is 29.9. The second-order valence-corrected chi connectivity index (χ2v) is 5.62. The molecule has 0 radical (unpaired) electrons. The second kappa shape index (κ2) is 4.76. The molecule has 0 unspecified atom stereocenters. The highest BCUT2D eigenvalue weighted by molar-refractivity contribution is 5.88. The predicted molar refractivity (Wildman–Crippen MR) is 74.3 cm³/mol. The number of carbonyl (C=O) groups is 1. The van der Waals surface area contributed by atoms with Gasteiger partial charge in [0.1, 0.15) is 6.04 Å². The summed E-state index contributed by atoms with van der Waals surface area (Å²) in [5, 5.41) is 0. The zero-order chi connectivity index (χ0) is 13.3. The van der Waals surface area contributed by atoms with Crippen LogP contribution in [-0.4, -0.2) is 41.1 Å². The van der Waals surface area contributed by atoms with Crippen LogP contribution >= 0.6 is 0 Å². The average Bonchev–Trinajstić information content (AvgIpc) is 3.09. The third kappa shape index (κ3) is 2.05. The number of pyridine rings is 1. The van der Waals surface area contributed by atoms with Crippen LogP contribution in [0.4, 0.5) is 0 Å². The summed E-state index contributed by atoms with van der Waals surface area (Å²) in [5.41, 5.74) is 0.931. The zero-order valence-corrected chi connectivity index (χ0v) is 11.2. The lowest BCUT2D eigenvalue weighted by molar-refractivity contribution is -0.132. The number of aliphatic imine (C=N–C) groups is 1. The average molecular weight is 257 g/mol. The summed E-state index contributed by atoms with van der Waals surface area (Å²) >= 11 is 0. The van der Waals surface area contributed by atoms with Gasteiger partial charge in [-0.05, 0) is 37.0 Å². The lowest BCUT2D eigenvalue weighted by atomic mass is 9.75. The van der Waals surface area contributed by atoms with Crippen molar-refractivity contribution >= 4 is 12.1 Å². The van der Waals surface area contributed by atoms with E-state index in [9.17, 15) is 4.79 Å². The molecular weight excluding hydrogens is 238 g/mol. The first-order valence-corrected chi connectivity index (χ1v) is 6.93. The number of hydrogen-bond acceptors (Lipinski definition) is 3. The molecule has 3 heterocycles. The van der Waals surface area contributed by atoms with Crippen LogP contribution in [0, 0.1) is 0 Å². The molecular formula is C15H19N3O. The third-order valence-electron chi connectivity index (χ3n) is 4.36. The summed E-state index contributed by atoms with van der Waals surface area (Å²) in [6.45, 7) is 3.91. The van der Waals surface area contributed by atoms with Gasteiger partial charge in [-0.15, -0.1) is 0 Å². The fraction of sp³-hybridized carbons (Fsp3) is 0.533. The molecule has 1 aromatic rings. The van der Waals surface area contributed by atoms with Gasteiger partial charge >= 0.3 is 0 Å². The van der Waals surface area contributed by atoms with E-state index in [2.05, 4.69) is 16.9 Å². The first-order valence-electron chi connectivity index (χ1n) is 6.93. The van der Waals surface area contributed by atoms with Crippen LogP contribution in [0.5, 0.6) is 0 Å². The van der Waals surface area contributed by atoms with Gasteiger partial charge in [-0.2, -0.15) is 0 Å². The Kier molecular flexibility index (Phi) is 3.09. The third-order valence-corrected chi connectivity index (χ3v) is 4.36. The van der Waals surface area contributed by atoms with E-state index in [4.69, 9.17) is 0 Å². The summed E-state index contributed by atoms with van der Waals surface area (Å²) in [7, 11) is 0. The Labute approximate surface area is 113 Å². The standard InChI is InChI=1S/C15H19N3O/c1-15(12-4-7-16-8-5-12)6-9-17-13(15)14(19)18-10-2-3-11-18/h4-5,7-9,13H,2-3,6,10-11H2,1H3/t13-,15+/m1/s1. The zero-order valence-electron chi connectivity index (χ0n) is 11.2. The number of likely N-dealkylation sites (tertiary alicyclic amines) is 1. The van der Waals surface area contributed by atoms with E-state index in [1.807, 2.05) is 23.2 Å². The summed E-state index contributed by atoms with van der Waals surface area (Å²) < 4.78 is 0. The molecule has 0 bridgehead atoms. The van der Waals surface area contributed by atoms with Crippen molar-refractivity contribution < 1.29 is 4.79 Å². The van der Waals surface area contributed by atoms with Crippen molar-refractivity contribution in [2.45, 2.75) is 37.6 Å². The van der Waals surface area contributed by atoms with Crippen LogP contribution in [0.25, 0.3) is 0 Å². The van der Waals surface area contributed by atoms with Crippen LogP contribution in [0.3, 0.4) is 0 Å². The maximum absolute atomic E-state index is 12.6. The van der Waals surface area contributed by atoms with Crippen molar-refractivity contribution in [3.05, 3.63) is 30.1 Å². The van der Waals surface area contributed by atoms with Crippen molar-refractivity contribution in [2.75, 3.05) is 13.1 Å². The van der Waals surface area contributed by atoms with E-state index in [0.29, 0.717) is 0 Å². The smallest absolute Gasteiger partial charge is 0.248 e. The SMILES string of the molecule is C[C@@]1(c2ccncc2)CC=N[C@@H]1C(=O)N1CCCC1. The second-order valence-electron chi connectivity index (χ2n) is 5.62. The highest BCUT2D eigenvalue weighted by atomic mass is 16.2. The van der Waals surface area contributed by atoms with Gasteiger partial charge in [0.15, 0.2) is 0 Å². The quantitative estimate of drug-likeness (QED) is 0.811. The van der Waals surface area contributed by atoms with Gasteiger partial charge in [0.2, 0.25) is 5.91 Å². The molecule has 100 valence electrons. The fourth-order valence-electron chi connectivity index (χ4n) is 3.08. The van der Waals surface area contributed by atoms with Crippen LogP contribution in [0.1, 0.15) is 31.7 Å². The molecule has 3 rings (SSSR count). The molecule has 19 heavy (non-hydrogen) atoms. The minimum atomic E-state index is -0.270. The molecule has 2 aliphatic heterocycles. The number of aromatic nitrogens is 1. The Morgan fingerprint density at radius 1 is 1.32 bits per heavy atom. The maximum Gasteiger partial charge on any atom is 0.248 e. The molecule has 1 fully saturated rings. The highest BCUT2D eigenvalue weighted by Gasteiger charge is 2.44. The fourth-order valence-corrected chi connectivity index (χ4v) is 3.08. The van der Waals surface area contributed by atoms with E-state index in [1.165, 1.54) is 0 Å². The van der Waals surface area contributed by atoms with E-state index in [-0.39, 0.29) is 17.4 Å². The van der Waals surface area contributed by atoms with Crippen LogP contribution < -0.4 is 0 Å². The number of rotatable bonds is 2. The minimum Gasteiger partial charge on any atom is -0.341 e. The topological polar surface area (TPSA) is 45.6 Å². The van der Waals surface area contributed by atoms with Crippen LogP contribution in [0.2, 0.25) is 0 Å². The highest BCUT2D eigenvalue weighted by Crippen LogP contribution is 2.37. The van der Waals surface area contributed by atoms with Crippen LogP contribution in [0.15, 0.2) is 29.5 Å². The molecule has 0 aromatic carbocycles. The molecule has 2 aliphatic rings. The lowest BCUT2D eigenvalue weighted by Crippen LogP contribution is -2.45. The molecule has 0 spiro atoms. The van der Waals surface area contributed by atoms with Crippen molar-refractivity contribution in [1.29, 1.82) is 0 Å². The number of hydrogen-bond donors (Lipinski definition) is 0. The van der Waals surface area contributed by atoms with Crippen molar-refractivity contribution in [1.82, 2.24) is 9.88 Å². The Bertz CT molecular complexity index is 493. The van der Waals surface area contributed by atoms with E-state index in [0.717, 1.165) is 37.9 Å². The van der Waals surface area contributed by atoms with E-state index >= 15 is 0 Å². The van der Waals surface area contributed by atoms with Gasteiger partial charge in [-0.25, -0.2) is 0 Å². The summed E-state index contributed by atoms with van der Waals surface area (Å²) in [6.07, 6.45) is 8.54. The molecule has 0 N–H and O–H groups in total. The van der Waals surface area contributed by atoms with Gasteiger partial charge in [0.05, 0.1) is 0 Å². The van der Waals surface area contributed by atoms with Gasteiger partial charge in [0.25, 0.3) is 0 Å². The van der Waals surface area contributed by atoms with Crippen molar-refractivity contribution in [3.63, 3.8) is 0 Å². The van der Waals surface area contributed by atoms with E-state index in [1.54, 1.807) is 12.4 Å². The molecule has 2 atom stereocenters. The molecule has 4 nitrogen and oxygen atoms in total. The Morgan fingerprint density at radius 3 is 2.68 bits per heavy atom. The number of nitrogens with zero attached hydrogens (tertiary/aromatic N) is 3. The molecule has 1 amide bonds. The Hall–Kier alpha value is -1.71. The summed E-state index contributed by atoms with van der Waals surface area (Å²) in [5.74, 6) is 0.186. The van der Waals surface area contributed by atoms with Gasteiger partial charge in [-0.3, -0.25) is 14.8 Å². The Morgan fingerprint density at radius 2 is 2.00 bits per heavy atom. The number of amides is 1. The van der Waals surface area contributed by atoms with Crippen LogP contribution in [-0.2, 0) is 10.2 Å². The number of carbonyl (C=O) groups excluding carboxylic acids is 1. The Balaban J connectivity index is 1.88. The summed E-state index contributed by atoms with van der Waals surface area (Å²) in [4.78, 5) is 23.1. The molecule has 1 aromatic heterocycles. The summed E-state index contributed by atoms with van der Waals surface area (Å²) in [6, 6.07) is 3.73. The molecule has 0 aliphatic carbocycles. The van der Waals surface area contributed by atoms with Gasteiger partial charge in [-0.1, -0.05) is 6.92 Å². The first kappa shape index (κ1) is 12.3. The van der Waals surface area contributed by atoms with Gasteiger partial charge in [0, 0.05) is 37.1 Å². The van der Waals surface area contributed by atoms with E-state index < -0.39 is 0 Å². The minimum absolute atomic E-state index is 0.186.